The molecule has 136 valence electrons. The molecule has 0 unspecified atom stereocenters. The van der Waals surface area contributed by atoms with E-state index in [4.69, 9.17) is 14.2 Å². The van der Waals surface area contributed by atoms with E-state index in [0.717, 1.165) is 16.5 Å². The van der Waals surface area contributed by atoms with Crippen molar-refractivity contribution in [3.63, 3.8) is 0 Å². The molecule has 3 aromatic rings. The first-order valence-corrected chi connectivity index (χ1v) is 11.0. The van der Waals surface area contributed by atoms with Gasteiger partial charge in [0.1, 0.15) is 0 Å². The molecule has 0 aliphatic carbocycles. The van der Waals surface area contributed by atoms with Gasteiger partial charge in [-0.1, -0.05) is 0 Å². The number of aromatic nitrogens is 1. The van der Waals surface area contributed by atoms with E-state index in [1.807, 2.05) is 24.3 Å². The normalized spacial score (nSPS) is 11.8. The van der Waals surface area contributed by atoms with Crippen LogP contribution in [0.2, 0.25) is 0 Å². The van der Waals surface area contributed by atoms with Crippen molar-refractivity contribution in [3.05, 3.63) is 53.1 Å². The summed E-state index contributed by atoms with van der Waals surface area (Å²) >= 11 is -4.57. The second kappa shape index (κ2) is 7.23. The molecule has 26 heavy (non-hydrogen) atoms. The molecular weight excluding hydrogens is 401 g/mol. The van der Waals surface area contributed by atoms with Crippen LogP contribution in [0.4, 0.5) is 0 Å². The summed E-state index contributed by atoms with van der Waals surface area (Å²) < 4.78 is 41.5. The van der Waals surface area contributed by atoms with Crippen LogP contribution in [0, 0.1) is 0 Å². The van der Waals surface area contributed by atoms with Crippen molar-refractivity contribution in [2.75, 3.05) is 21.3 Å². The molecule has 3 rings (SSSR count). The van der Waals surface area contributed by atoms with E-state index in [2.05, 4.69) is 4.98 Å². The van der Waals surface area contributed by atoms with Crippen LogP contribution < -0.4 is 18.7 Å². The van der Waals surface area contributed by atoms with Gasteiger partial charge in [-0.3, -0.25) is 0 Å². The molecule has 0 saturated heterocycles. The molecule has 7 heteroatoms. The van der Waals surface area contributed by atoms with Crippen molar-refractivity contribution in [3.8, 4) is 17.2 Å². The second-order valence-electron chi connectivity index (χ2n) is 5.50. The maximum absolute atomic E-state index is 12.8. The Balaban J connectivity index is 2.03. The Labute approximate surface area is 153 Å². The molecule has 1 heterocycles. The Morgan fingerprint density at radius 1 is 0.962 bits per heavy atom. The Bertz CT molecular complexity index is 1040. The van der Waals surface area contributed by atoms with Gasteiger partial charge in [0.15, 0.2) is 0 Å². The monoisotopic (exact) mass is 421 g/mol. The standard InChI is InChI=1S/C19H19NO5Se/c1-23-17-10-14(11-18(24-2)19(17)25-3)26(21,22)9-8-13-12-20-16-7-5-4-6-15(13)16/h4-12,20H,1-3H3/b9-8+. The number of rotatable bonds is 6. The van der Waals surface area contributed by atoms with Crippen LogP contribution in [-0.2, 0) is 7.67 Å². The third kappa shape index (κ3) is 3.31. The first-order chi connectivity index (χ1) is 12.5. The Hall–Kier alpha value is -2.76. The first-order valence-electron chi connectivity index (χ1n) is 7.79. The number of ether oxygens (including phenoxy) is 3. The van der Waals surface area contributed by atoms with E-state index in [9.17, 15) is 7.67 Å². The number of benzene rings is 2. The number of hydrogen-bond acceptors (Lipinski definition) is 5. The van der Waals surface area contributed by atoms with Gasteiger partial charge in [0.05, 0.1) is 0 Å². The molecule has 2 aromatic carbocycles. The summed E-state index contributed by atoms with van der Waals surface area (Å²) in [5, 5.41) is 0.960. The number of hydrogen-bond donors (Lipinski definition) is 1. The average molecular weight is 420 g/mol. The zero-order valence-electron chi connectivity index (χ0n) is 14.6. The van der Waals surface area contributed by atoms with E-state index < -0.39 is 12.7 Å². The van der Waals surface area contributed by atoms with E-state index in [-0.39, 0.29) is 4.46 Å². The Morgan fingerprint density at radius 2 is 1.62 bits per heavy atom. The number of methoxy groups -OCH3 is 3. The molecule has 1 aromatic heterocycles. The number of nitrogens with one attached hydrogen (secondary N) is 1. The molecule has 0 saturated carbocycles. The Kier molecular flexibility index (Phi) is 5.02. The fraction of sp³-hybridized carbons (Fsp3) is 0.158. The summed E-state index contributed by atoms with van der Waals surface area (Å²) in [4.78, 5) is 4.36. The molecule has 1 N–H and O–H groups in total. The van der Waals surface area contributed by atoms with Gasteiger partial charge in [0, 0.05) is 0 Å². The third-order valence-corrected chi connectivity index (χ3v) is 6.93. The molecule has 0 amide bonds. The number of H-pyrrole nitrogens is 1. The van der Waals surface area contributed by atoms with Gasteiger partial charge in [0.25, 0.3) is 0 Å². The fourth-order valence-corrected chi connectivity index (χ4v) is 4.85. The van der Waals surface area contributed by atoms with E-state index in [1.165, 1.54) is 38.4 Å². The fourth-order valence-electron chi connectivity index (χ4n) is 2.69. The summed E-state index contributed by atoms with van der Waals surface area (Å²) in [6, 6.07) is 10.6. The Morgan fingerprint density at radius 3 is 2.23 bits per heavy atom. The number of fused-ring (bicyclic) bond motifs is 1. The molecule has 0 aliphatic heterocycles. The van der Waals surface area contributed by atoms with Crippen LogP contribution in [-0.4, -0.2) is 39.0 Å². The zero-order chi connectivity index (χ0) is 18.7. The molecular formula is C19H19NO5Se. The van der Waals surface area contributed by atoms with E-state index in [1.54, 1.807) is 12.3 Å². The average Bonchev–Trinajstić information content (AvgIpc) is 3.08. The van der Waals surface area contributed by atoms with Crippen LogP contribution in [0.3, 0.4) is 0 Å². The van der Waals surface area contributed by atoms with Crippen LogP contribution in [0.5, 0.6) is 17.2 Å². The minimum absolute atomic E-state index is 0.131. The van der Waals surface area contributed by atoms with Gasteiger partial charge < -0.3 is 0 Å². The molecule has 6 nitrogen and oxygen atoms in total. The van der Waals surface area contributed by atoms with Crippen LogP contribution >= 0.6 is 0 Å². The van der Waals surface area contributed by atoms with Crippen molar-refractivity contribution in [1.82, 2.24) is 4.98 Å². The molecule has 0 radical (unpaired) electrons. The number of para-hydroxylation sites is 1. The third-order valence-electron chi connectivity index (χ3n) is 4.01. The topological polar surface area (TPSA) is 77.6 Å². The van der Waals surface area contributed by atoms with E-state index in [0.29, 0.717) is 17.2 Å². The summed E-state index contributed by atoms with van der Waals surface area (Å²) in [6.07, 6.45) is 3.38. The summed E-state index contributed by atoms with van der Waals surface area (Å²) in [7, 11) is 4.37. The summed E-state index contributed by atoms with van der Waals surface area (Å²) in [6.45, 7) is 0. The predicted octanol–water partition coefficient (Wildman–Crippen LogP) is 2.96. The summed E-state index contributed by atoms with van der Waals surface area (Å²) in [5.41, 5.74) is 1.76. The molecule has 0 atom stereocenters. The molecule has 0 spiro atoms. The van der Waals surface area contributed by atoms with Gasteiger partial charge in [-0.2, -0.15) is 0 Å². The van der Waals surface area contributed by atoms with E-state index >= 15 is 0 Å². The van der Waals surface area contributed by atoms with Crippen LogP contribution in [0.15, 0.2) is 47.6 Å². The van der Waals surface area contributed by atoms with Gasteiger partial charge in [0.2, 0.25) is 0 Å². The van der Waals surface area contributed by atoms with Crippen molar-refractivity contribution < 1.29 is 21.9 Å². The van der Waals surface area contributed by atoms with Crippen molar-refractivity contribution >= 4 is 34.1 Å². The minimum atomic E-state index is -4.57. The quantitative estimate of drug-likeness (QED) is 0.621. The zero-order valence-corrected chi connectivity index (χ0v) is 16.4. The van der Waals surface area contributed by atoms with Gasteiger partial charge in [-0.05, 0) is 0 Å². The van der Waals surface area contributed by atoms with Gasteiger partial charge in [-0.25, -0.2) is 0 Å². The molecule has 0 fully saturated rings. The van der Waals surface area contributed by atoms with Crippen LogP contribution in [0.1, 0.15) is 5.56 Å². The van der Waals surface area contributed by atoms with Crippen molar-refractivity contribution in [1.29, 1.82) is 0 Å². The van der Waals surface area contributed by atoms with Crippen molar-refractivity contribution in [2.24, 2.45) is 0 Å². The summed E-state index contributed by atoms with van der Waals surface area (Å²) in [5.74, 6) is 0.957. The maximum atomic E-state index is 12.8. The number of aromatic amines is 1. The first kappa shape index (κ1) is 18.0. The van der Waals surface area contributed by atoms with Gasteiger partial charge in [-0.15, -0.1) is 0 Å². The van der Waals surface area contributed by atoms with Crippen LogP contribution in [0.25, 0.3) is 17.0 Å². The SMILES string of the molecule is COc1cc([Se](=O)(=O)/C=C/c2c[nH]c3ccccc23)cc(OC)c1OC. The molecule has 0 aliphatic rings. The second-order valence-corrected chi connectivity index (χ2v) is 9.35. The van der Waals surface area contributed by atoms with Crippen molar-refractivity contribution in [2.45, 2.75) is 0 Å². The van der Waals surface area contributed by atoms with Gasteiger partial charge >= 0.3 is 153 Å². The molecule has 0 bridgehead atoms. The predicted molar refractivity (Wildman–Crippen MR) is 100 cm³/mol.